The molecule has 1 N–H and O–H groups in total. The van der Waals surface area contributed by atoms with Crippen molar-refractivity contribution in [3.8, 4) is 11.3 Å². The first kappa shape index (κ1) is 65.3. The van der Waals surface area contributed by atoms with Crippen molar-refractivity contribution in [1.29, 1.82) is 0 Å². The molecule has 0 aliphatic carbocycles. The van der Waals surface area contributed by atoms with Crippen molar-refractivity contribution in [2.75, 3.05) is 26.2 Å². The number of hydrogen-bond donors (Lipinski definition) is 1. The second kappa shape index (κ2) is 30.5. The number of carbonyl (C=O) groups excluding carboxylic acids is 3. The Morgan fingerprint density at radius 3 is 1.58 bits per heavy atom. The molecule has 10 aromatic rings. The molecular weight excluding hydrogens is 1160 g/mol. The highest BCUT2D eigenvalue weighted by molar-refractivity contribution is 6.58. The van der Waals surface area contributed by atoms with Crippen LogP contribution < -0.4 is 5.32 Å². The number of nitrogens with one attached hydrogen (secondary N) is 1. The summed E-state index contributed by atoms with van der Waals surface area (Å²) in [6.07, 6.45) is 9.50. The number of benzene rings is 7. The Kier molecular flexibility index (Phi) is 21.4. The SMILES string of the molecule is CC(C)(C)OC(=O)N1CC(CC(=O)c2ccc3c(c2)c(-c2ccncc2)nn3C(c2ccccc2)(c2ccccc2)c2ccccc2)CC(c2ccccc2)C1.CC[SiH](CC)CC.O=C(CC1CNCC(c2ccccc2)C1)c1ccc2c(c1)C(c1ccncc1)=NC2. The van der Waals surface area contributed by atoms with Gasteiger partial charge in [0.05, 0.1) is 17.8 Å². The van der Waals surface area contributed by atoms with E-state index in [2.05, 4.69) is 162 Å². The summed E-state index contributed by atoms with van der Waals surface area (Å²) in [5.41, 5.74) is 12.5. The highest BCUT2D eigenvalue weighted by Crippen LogP contribution is 2.45. The van der Waals surface area contributed by atoms with Gasteiger partial charge in [0.15, 0.2) is 11.6 Å². The number of pyridine rings is 2. The van der Waals surface area contributed by atoms with E-state index in [1.165, 1.54) is 29.3 Å². The molecule has 0 spiro atoms. The number of aromatic nitrogens is 4. The number of ether oxygens (including phenoxy) is 1. The highest BCUT2D eigenvalue weighted by Gasteiger charge is 2.42. The van der Waals surface area contributed by atoms with Gasteiger partial charge in [-0.3, -0.25) is 24.5 Å². The first-order chi connectivity index (χ1) is 45.3. The molecule has 474 valence electrons. The molecule has 4 atom stereocenters. The molecule has 13 rings (SSSR count). The van der Waals surface area contributed by atoms with E-state index in [-0.39, 0.29) is 38.3 Å². The zero-order chi connectivity index (χ0) is 64.7. The molecule has 0 radical (unpaired) electrons. The number of likely N-dealkylation sites (tertiary alicyclic amines) is 1. The second-order valence-electron chi connectivity index (χ2n) is 26.1. The fourth-order valence-corrected chi connectivity index (χ4v) is 15.6. The van der Waals surface area contributed by atoms with Gasteiger partial charge in [-0.2, -0.15) is 5.10 Å². The van der Waals surface area contributed by atoms with Crippen molar-refractivity contribution in [3.63, 3.8) is 0 Å². The third-order valence-electron chi connectivity index (χ3n) is 18.7. The van der Waals surface area contributed by atoms with Crippen LogP contribution in [-0.4, -0.2) is 88.6 Å². The molecule has 3 aliphatic rings. The minimum atomic E-state index is -0.849. The molecule has 7 aromatic carbocycles. The monoisotopic (exact) mass is 1250 g/mol. The first-order valence-corrected chi connectivity index (χ1v) is 35.8. The van der Waals surface area contributed by atoms with E-state index in [4.69, 9.17) is 14.8 Å². The predicted octanol–water partition coefficient (Wildman–Crippen LogP) is 17.2. The summed E-state index contributed by atoms with van der Waals surface area (Å²) in [6.45, 7) is 16.2. The van der Waals surface area contributed by atoms with Crippen LogP contribution in [0.2, 0.25) is 18.1 Å². The van der Waals surface area contributed by atoms with E-state index in [9.17, 15) is 14.4 Å². The maximum absolute atomic E-state index is 14.4. The molecule has 6 heterocycles. The minimum absolute atomic E-state index is 0.0311. The molecular formula is C81H87N7O4Si. The summed E-state index contributed by atoms with van der Waals surface area (Å²) < 4.78 is 7.95. The predicted molar refractivity (Wildman–Crippen MR) is 379 cm³/mol. The van der Waals surface area contributed by atoms with Crippen molar-refractivity contribution in [1.82, 2.24) is 30.0 Å². The number of nitrogens with zero attached hydrogens (tertiary/aromatic N) is 6. The Morgan fingerprint density at radius 1 is 0.548 bits per heavy atom. The van der Waals surface area contributed by atoms with Crippen LogP contribution in [0.25, 0.3) is 22.2 Å². The van der Waals surface area contributed by atoms with Gasteiger partial charge >= 0.3 is 6.09 Å². The molecule has 1 amide bonds. The smallest absolute Gasteiger partial charge is 0.410 e. The quantitative estimate of drug-likeness (QED) is 0.0542. The number of fused-ring (bicyclic) bond motifs is 2. The number of Topliss-reactive ketones (excluding diaryl/α,β-unsaturated/α-hetero) is 2. The van der Waals surface area contributed by atoms with Gasteiger partial charge in [0.25, 0.3) is 0 Å². The number of hydrogen-bond acceptors (Lipinski definition) is 9. The van der Waals surface area contributed by atoms with Crippen molar-refractivity contribution < 1.29 is 19.1 Å². The van der Waals surface area contributed by atoms with Gasteiger partial charge in [-0.25, -0.2) is 9.48 Å². The lowest BCUT2D eigenvalue weighted by atomic mass is 9.77. The van der Waals surface area contributed by atoms with E-state index in [1.807, 2.05) is 112 Å². The number of ketones is 2. The van der Waals surface area contributed by atoms with Crippen LogP contribution in [0.1, 0.15) is 144 Å². The number of amides is 1. The van der Waals surface area contributed by atoms with Crippen molar-refractivity contribution in [2.45, 2.75) is 115 Å². The summed E-state index contributed by atoms with van der Waals surface area (Å²) in [7, 11) is -0.171. The average molecular weight is 1250 g/mol. The van der Waals surface area contributed by atoms with Crippen molar-refractivity contribution >= 4 is 43.1 Å². The Labute approximate surface area is 551 Å². The maximum Gasteiger partial charge on any atom is 0.410 e. The van der Waals surface area contributed by atoms with Crippen LogP contribution in [0, 0.1) is 11.8 Å². The summed E-state index contributed by atoms with van der Waals surface area (Å²) in [5.74, 6) is 1.13. The van der Waals surface area contributed by atoms with Crippen LogP contribution in [0.4, 0.5) is 4.79 Å². The molecule has 0 bridgehead atoms. The molecule has 2 fully saturated rings. The summed E-state index contributed by atoms with van der Waals surface area (Å²) in [6, 6.07) is 76.8. The van der Waals surface area contributed by atoms with Crippen LogP contribution in [-0.2, 0) is 16.8 Å². The fourth-order valence-electron chi connectivity index (χ4n) is 13.9. The van der Waals surface area contributed by atoms with E-state index in [0.29, 0.717) is 49.9 Å². The zero-order valence-electron chi connectivity index (χ0n) is 54.7. The van der Waals surface area contributed by atoms with Crippen LogP contribution in [0.5, 0.6) is 0 Å². The van der Waals surface area contributed by atoms with Crippen molar-refractivity contribution in [3.05, 3.63) is 293 Å². The molecule has 4 unspecified atom stereocenters. The number of carbonyl (C=O) groups is 3. The number of aliphatic imine (C=N–C) groups is 1. The third kappa shape index (κ3) is 15.5. The highest BCUT2D eigenvalue weighted by atomic mass is 28.3. The fraction of sp³-hybridized carbons (Fsp3) is 0.296. The summed E-state index contributed by atoms with van der Waals surface area (Å²) >= 11 is 0. The lowest BCUT2D eigenvalue weighted by molar-refractivity contribution is 0.0136. The maximum atomic E-state index is 14.4. The Hall–Kier alpha value is -9.23. The summed E-state index contributed by atoms with van der Waals surface area (Å²) in [5, 5.41) is 9.90. The normalized spacial score (nSPS) is 17.1. The molecule has 12 heteroatoms. The lowest BCUT2D eigenvalue weighted by Gasteiger charge is -2.38. The molecule has 3 aromatic heterocycles. The van der Waals surface area contributed by atoms with Gasteiger partial charge in [0.1, 0.15) is 16.8 Å². The van der Waals surface area contributed by atoms with Gasteiger partial charge in [-0.05, 0) is 140 Å². The van der Waals surface area contributed by atoms with Gasteiger partial charge in [0.2, 0.25) is 0 Å². The number of piperidine rings is 2. The van der Waals surface area contributed by atoms with E-state index in [1.54, 1.807) is 29.7 Å². The van der Waals surface area contributed by atoms with E-state index in [0.717, 1.165) is 92.7 Å². The molecule has 3 aliphatic heterocycles. The minimum Gasteiger partial charge on any atom is -0.444 e. The van der Waals surface area contributed by atoms with Gasteiger partial charge < -0.3 is 15.0 Å². The average Bonchev–Trinajstić information content (AvgIpc) is 1.65. The van der Waals surface area contributed by atoms with Crippen LogP contribution in [0.15, 0.2) is 242 Å². The second-order valence-corrected chi connectivity index (χ2v) is 30.3. The van der Waals surface area contributed by atoms with E-state index >= 15 is 0 Å². The van der Waals surface area contributed by atoms with Gasteiger partial charge in [0, 0.05) is 105 Å². The topological polar surface area (TPSA) is 132 Å². The Balaban J connectivity index is 0.000000198. The third-order valence-corrected chi connectivity index (χ3v) is 22.2. The molecule has 93 heavy (non-hydrogen) atoms. The van der Waals surface area contributed by atoms with Gasteiger partial charge in [-0.1, -0.05) is 203 Å². The zero-order valence-corrected chi connectivity index (χ0v) is 55.9. The largest absolute Gasteiger partial charge is 0.444 e. The molecule has 11 nitrogen and oxygen atoms in total. The van der Waals surface area contributed by atoms with Gasteiger partial charge in [-0.15, -0.1) is 0 Å². The van der Waals surface area contributed by atoms with Crippen LogP contribution in [0.3, 0.4) is 0 Å². The Morgan fingerprint density at radius 2 is 1.04 bits per heavy atom. The van der Waals surface area contributed by atoms with Crippen molar-refractivity contribution in [2.24, 2.45) is 16.8 Å². The molecule has 2 saturated heterocycles. The summed E-state index contributed by atoms with van der Waals surface area (Å²) in [4.78, 5) is 55.9. The Bertz CT molecular complexity index is 4000. The standard InChI is InChI=1S/C49H46N4O3.C26H25N3O.C6H16Si/c1-48(2,3)56-47(55)52-33-35(30-39(34-52)36-16-8-4-9-17-36)31-45(54)38-24-25-44-43(32-38)46(37-26-28-50-29-27-37)51-53(44)49(40-18-10-5-11-19-40,41-20-12-6-13-21-41)42-22-14-7-15-23-42;30-25(13-18-12-23(16-28-15-18)19-4-2-1-3-5-19)21-6-7-22-17-29-26(24(22)14-21)20-8-10-27-11-9-20;1-4-7(5-2)6-3/h4-29,32,35,39H,30-31,33-34H2,1-3H3;1-11,14,18,23,28H,12-13,15-17H2;7H,4-6H2,1-3H3. The lowest BCUT2D eigenvalue weighted by Crippen LogP contribution is -2.45. The number of rotatable bonds is 17. The first-order valence-electron chi connectivity index (χ1n) is 33.4. The van der Waals surface area contributed by atoms with E-state index < -0.39 is 11.1 Å². The van der Waals surface area contributed by atoms with Crippen LogP contribution >= 0.6 is 0 Å². The molecule has 0 saturated carbocycles.